The molecule has 2 N–H and O–H groups in total. The fourth-order valence-corrected chi connectivity index (χ4v) is 9.42. The molecule has 328 valence electrons. The number of aromatic nitrogens is 3. The van der Waals surface area contributed by atoms with E-state index in [0.29, 0.717) is 32.4 Å². The van der Waals surface area contributed by atoms with Crippen molar-refractivity contribution >= 4 is 23.6 Å². The van der Waals surface area contributed by atoms with Crippen molar-refractivity contribution in [2.24, 2.45) is 17.8 Å². The minimum absolute atomic E-state index is 0.000749. The summed E-state index contributed by atoms with van der Waals surface area (Å²) in [5, 5.41) is 14.6. The Kier molecular flexibility index (Phi) is 14.8. The van der Waals surface area contributed by atoms with Crippen molar-refractivity contribution in [2.75, 3.05) is 20.2 Å². The third-order valence-corrected chi connectivity index (χ3v) is 12.7. The highest BCUT2D eigenvalue weighted by Crippen LogP contribution is 2.43. The number of carbonyl (C=O) groups excluding carboxylic acids is 4. The van der Waals surface area contributed by atoms with Gasteiger partial charge in [0.25, 0.3) is 5.67 Å². The van der Waals surface area contributed by atoms with Crippen molar-refractivity contribution in [2.45, 2.75) is 161 Å². The molecular formula is C43H64FN5O10. The van der Waals surface area contributed by atoms with Crippen LogP contribution in [0.1, 0.15) is 94.4 Å². The van der Waals surface area contributed by atoms with Gasteiger partial charge in [0.1, 0.15) is 18.0 Å². The monoisotopic (exact) mass is 829 g/mol. The van der Waals surface area contributed by atoms with E-state index >= 15 is 4.39 Å². The number of fused-ring (bicyclic) bond motifs is 1. The van der Waals surface area contributed by atoms with Gasteiger partial charge in [-0.3, -0.25) is 14.6 Å². The summed E-state index contributed by atoms with van der Waals surface area (Å²) in [5.74, 6) is -5.78. The molecule has 59 heavy (non-hydrogen) atoms. The molecule has 5 heterocycles. The molecule has 0 aliphatic carbocycles. The SMILES string of the molecule is CCN[C@H]1C[C@@H](C)O[C@@H](O[C@@H]2[C@@H](C)C(=O)[C@](C)(F)C(=O)O[C@H](CC)[C@@]3(C)OC(=O)N(CCCCn4cnc(-c5ccncc5)c4)C3[C@@H](C)C(=O)[C@H](C)C[C@@]2(C)OC)[C@H]1O. The van der Waals surface area contributed by atoms with E-state index in [-0.39, 0.29) is 31.3 Å². The van der Waals surface area contributed by atoms with Crippen LogP contribution in [0.5, 0.6) is 0 Å². The Labute approximate surface area is 347 Å². The molecule has 3 aliphatic rings. The summed E-state index contributed by atoms with van der Waals surface area (Å²) < 4.78 is 49.4. The fraction of sp³-hybridized carbons (Fsp3) is 0.721. The lowest BCUT2D eigenvalue weighted by Crippen LogP contribution is -2.62. The lowest BCUT2D eigenvalue weighted by molar-refractivity contribution is -0.290. The van der Waals surface area contributed by atoms with Gasteiger partial charge in [-0.25, -0.2) is 19.0 Å². The number of rotatable bonds is 12. The van der Waals surface area contributed by atoms with E-state index in [9.17, 15) is 24.3 Å². The van der Waals surface area contributed by atoms with Crippen LogP contribution in [0, 0.1) is 17.8 Å². The Morgan fingerprint density at radius 2 is 1.69 bits per heavy atom. The second-order valence-electron chi connectivity index (χ2n) is 17.2. The quantitative estimate of drug-likeness (QED) is 0.165. The number of methoxy groups -OCH3 is 1. The van der Waals surface area contributed by atoms with Crippen molar-refractivity contribution < 1.29 is 52.4 Å². The summed E-state index contributed by atoms with van der Waals surface area (Å²) in [6, 6.07) is 2.44. The number of halogens is 1. The number of aliphatic hydroxyl groups is 1. The first kappa shape index (κ1) is 46.2. The number of nitrogens with one attached hydrogen (secondary N) is 1. The molecule has 16 heteroatoms. The van der Waals surface area contributed by atoms with Crippen molar-refractivity contribution in [3.8, 4) is 11.3 Å². The fourth-order valence-electron chi connectivity index (χ4n) is 9.42. The topological polar surface area (TPSA) is 181 Å². The maximum absolute atomic E-state index is 16.9. The number of cyclic esters (lactones) is 1. The van der Waals surface area contributed by atoms with Gasteiger partial charge >= 0.3 is 12.1 Å². The standard InChI is InChI=1S/C43H64FN5O10/c1-11-32-43(9)35(49(40(54)59-43)20-14-13-19-48-23-31(47-24-48)29-15-17-45-18-16-29)27(5)33(50)25(3)22-41(7,55-10)37(28(6)36(52)42(8,44)39(53)57-32)58-38-34(51)30(46-12-2)21-26(4)56-38/h15-18,23-28,30,32,34-35,37-38,46,51H,11-14,19-22H2,1-10H3/t25-,26-,27+,28+,30+,32-,34+,35?,37-,38+,41-,42+,43-/m1/s1. The van der Waals surface area contributed by atoms with Gasteiger partial charge in [-0.15, -0.1) is 0 Å². The highest BCUT2D eigenvalue weighted by atomic mass is 19.1. The summed E-state index contributed by atoms with van der Waals surface area (Å²) in [4.78, 5) is 66.8. The molecule has 15 nitrogen and oxygen atoms in total. The average Bonchev–Trinajstić information content (AvgIpc) is 3.79. The van der Waals surface area contributed by atoms with E-state index < -0.39 is 89.2 Å². The van der Waals surface area contributed by atoms with Crippen LogP contribution in [0.15, 0.2) is 37.1 Å². The number of aliphatic hydroxyl groups excluding tert-OH is 1. The van der Waals surface area contributed by atoms with E-state index in [1.165, 1.54) is 18.9 Å². The summed E-state index contributed by atoms with van der Waals surface area (Å²) in [6.07, 6.45) is 2.90. The number of Topliss-reactive ketones (excluding diaryl/α,β-unsaturated/α-hetero) is 2. The molecule has 13 atom stereocenters. The van der Waals surface area contributed by atoms with Crippen molar-refractivity contribution in [3.05, 3.63) is 37.1 Å². The Bertz CT molecular complexity index is 1780. The van der Waals surface area contributed by atoms with Gasteiger partial charge in [-0.1, -0.05) is 34.6 Å². The number of imidazole rings is 1. The van der Waals surface area contributed by atoms with Crippen molar-refractivity contribution in [3.63, 3.8) is 0 Å². The smallest absolute Gasteiger partial charge is 0.410 e. The number of ketones is 2. The number of nitrogens with zero attached hydrogens (tertiary/aromatic N) is 4. The Balaban J connectivity index is 1.45. The van der Waals surface area contributed by atoms with Crippen LogP contribution in [0.2, 0.25) is 0 Å². The zero-order valence-electron chi connectivity index (χ0n) is 36.2. The van der Waals surface area contributed by atoms with Crippen molar-refractivity contribution in [1.29, 1.82) is 0 Å². The number of alkyl halides is 1. The Hall–Kier alpha value is -3.83. The molecule has 5 rings (SSSR count). The highest BCUT2D eigenvalue weighted by Gasteiger charge is 2.61. The summed E-state index contributed by atoms with van der Waals surface area (Å²) in [5.41, 5.74) is -4.46. The molecule has 0 aromatic carbocycles. The molecule has 3 fully saturated rings. The van der Waals surface area contributed by atoms with E-state index in [1.54, 1.807) is 53.3 Å². The molecule has 2 aromatic heterocycles. The summed E-state index contributed by atoms with van der Waals surface area (Å²) in [7, 11) is 1.40. The molecule has 2 aromatic rings. The maximum Gasteiger partial charge on any atom is 0.410 e. The van der Waals surface area contributed by atoms with Gasteiger partial charge in [0.05, 0.1) is 35.9 Å². The van der Waals surface area contributed by atoms with E-state index in [0.717, 1.165) is 18.2 Å². The maximum atomic E-state index is 16.9. The lowest BCUT2D eigenvalue weighted by Gasteiger charge is -2.46. The second-order valence-corrected chi connectivity index (χ2v) is 17.2. The predicted molar refractivity (Wildman–Crippen MR) is 215 cm³/mol. The van der Waals surface area contributed by atoms with Crippen LogP contribution in [-0.4, -0.2) is 128 Å². The number of likely N-dealkylation sites (N-methyl/N-ethyl adjacent to an activating group) is 1. The van der Waals surface area contributed by atoms with Gasteiger partial charge in [0, 0.05) is 68.1 Å². The van der Waals surface area contributed by atoms with Gasteiger partial charge in [0.2, 0.25) is 0 Å². The zero-order valence-corrected chi connectivity index (χ0v) is 36.2. The Morgan fingerprint density at radius 3 is 2.34 bits per heavy atom. The number of hydrogen-bond acceptors (Lipinski definition) is 13. The first-order chi connectivity index (χ1) is 27.8. The van der Waals surface area contributed by atoms with Crippen LogP contribution in [-0.2, 0) is 44.6 Å². The first-order valence-electron chi connectivity index (χ1n) is 21.0. The van der Waals surface area contributed by atoms with Crippen LogP contribution in [0.25, 0.3) is 11.3 Å². The number of carbonyl (C=O) groups is 4. The third-order valence-electron chi connectivity index (χ3n) is 12.7. The van der Waals surface area contributed by atoms with E-state index in [2.05, 4.69) is 15.3 Å². The minimum Gasteiger partial charge on any atom is -0.455 e. The van der Waals surface area contributed by atoms with Crippen LogP contribution < -0.4 is 5.32 Å². The molecule has 0 saturated carbocycles. The molecular weight excluding hydrogens is 765 g/mol. The van der Waals surface area contributed by atoms with Gasteiger partial charge in [-0.2, -0.15) is 0 Å². The normalized spacial score (nSPS) is 37.5. The number of ether oxygens (including phenoxy) is 5. The van der Waals surface area contributed by atoms with Crippen LogP contribution in [0.4, 0.5) is 9.18 Å². The third kappa shape index (κ3) is 9.56. The second kappa shape index (κ2) is 18.8. The first-order valence-corrected chi connectivity index (χ1v) is 21.0. The van der Waals surface area contributed by atoms with Crippen LogP contribution in [0.3, 0.4) is 0 Å². The molecule has 0 bridgehead atoms. The molecule has 0 radical (unpaired) electrons. The molecule has 1 amide bonds. The molecule has 3 saturated heterocycles. The number of hydrogen-bond donors (Lipinski definition) is 2. The molecule has 0 spiro atoms. The largest absolute Gasteiger partial charge is 0.455 e. The van der Waals surface area contributed by atoms with Crippen molar-refractivity contribution in [1.82, 2.24) is 24.8 Å². The highest BCUT2D eigenvalue weighted by molar-refractivity contribution is 6.08. The van der Waals surface area contributed by atoms with Gasteiger partial charge < -0.3 is 43.6 Å². The zero-order chi connectivity index (χ0) is 43.4. The molecule has 1 unspecified atom stereocenters. The van der Waals surface area contributed by atoms with Gasteiger partial charge in [-0.05, 0) is 78.5 Å². The average molecular weight is 830 g/mol. The van der Waals surface area contributed by atoms with E-state index in [4.69, 9.17) is 23.7 Å². The summed E-state index contributed by atoms with van der Waals surface area (Å²) >= 11 is 0. The number of aryl methyl sites for hydroxylation is 1. The number of esters is 1. The van der Waals surface area contributed by atoms with E-state index in [1.807, 2.05) is 36.7 Å². The number of pyridine rings is 1. The number of unbranched alkanes of at least 4 members (excludes halogenated alkanes) is 1. The van der Waals surface area contributed by atoms with Gasteiger partial charge in [0.15, 0.2) is 17.7 Å². The lowest BCUT2D eigenvalue weighted by atomic mass is 9.73. The Morgan fingerprint density at radius 1 is 1.02 bits per heavy atom. The summed E-state index contributed by atoms with van der Waals surface area (Å²) in [6.45, 7) is 15.8. The number of amides is 1. The minimum atomic E-state index is -3.18. The predicted octanol–water partition coefficient (Wildman–Crippen LogP) is 5.07. The van der Waals surface area contributed by atoms with Crippen LogP contribution >= 0.6 is 0 Å². The molecule has 3 aliphatic heterocycles.